The molecule has 1 N–H and O–H groups in total. The van der Waals surface area contributed by atoms with Crippen LogP contribution in [0.4, 0.5) is 5.82 Å². The number of carbonyl (C=O) groups excluding carboxylic acids is 2. The monoisotopic (exact) mass is 433 g/mol. The number of carbonyl (C=O) groups is 2. The van der Waals surface area contributed by atoms with Crippen molar-refractivity contribution in [1.29, 1.82) is 0 Å². The van der Waals surface area contributed by atoms with Gasteiger partial charge in [0.25, 0.3) is 0 Å². The number of pyridine rings is 1. The van der Waals surface area contributed by atoms with Crippen molar-refractivity contribution in [2.75, 3.05) is 12.4 Å². The van der Waals surface area contributed by atoms with Crippen LogP contribution in [-0.2, 0) is 21.5 Å². The van der Waals surface area contributed by atoms with Crippen LogP contribution in [0.5, 0.6) is 0 Å². The molecular formula is C25H27N3O2S. The van der Waals surface area contributed by atoms with Crippen LogP contribution in [0, 0.1) is 6.92 Å². The molecule has 0 bridgehead atoms. The summed E-state index contributed by atoms with van der Waals surface area (Å²) in [4.78, 5) is 32.6. The molecule has 160 valence electrons. The zero-order chi connectivity index (χ0) is 22.2. The summed E-state index contributed by atoms with van der Waals surface area (Å²) in [5.41, 5.74) is 2.44. The van der Waals surface area contributed by atoms with Crippen LogP contribution < -0.4 is 5.32 Å². The Morgan fingerprint density at radius 3 is 2.71 bits per heavy atom. The summed E-state index contributed by atoms with van der Waals surface area (Å²) in [6.07, 6.45) is 6.49. The fraction of sp³-hybridized carbons (Fsp3) is 0.320. The highest BCUT2D eigenvalue weighted by atomic mass is 32.1. The van der Waals surface area contributed by atoms with Crippen LogP contribution in [0.15, 0.2) is 42.6 Å². The van der Waals surface area contributed by atoms with Crippen LogP contribution in [0.2, 0.25) is 0 Å². The van der Waals surface area contributed by atoms with E-state index in [0.717, 1.165) is 11.1 Å². The molecule has 0 saturated heterocycles. The number of rotatable bonds is 6. The smallest absolute Gasteiger partial charge is 0.246 e. The number of hydrogen-bond donors (Lipinski definition) is 1. The lowest BCUT2D eigenvalue weighted by Gasteiger charge is -2.23. The fourth-order valence-corrected chi connectivity index (χ4v) is 5.57. The van der Waals surface area contributed by atoms with Gasteiger partial charge in [-0.1, -0.05) is 32.0 Å². The maximum atomic E-state index is 12.7. The molecule has 1 aliphatic rings. The van der Waals surface area contributed by atoms with Crippen LogP contribution in [0.3, 0.4) is 0 Å². The number of benzene rings is 1. The maximum Gasteiger partial charge on any atom is 0.246 e. The van der Waals surface area contributed by atoms with Gasteiger partial charge in [-0.15, -0.1) is 11.3 Å². The lowest BCUT2D eigenvalue weighted by molar-refractivity contribution is -0.125. The third kappa shape index (κ3) is 3.65. The largest absolute Gasteiger partial charge is 0.337 e. The molecule has 2 amide bonds. The third-order valence-corrected chi connectivity index (χ3v) is 7.67. The molecule has 6 heteroatoms. The molecule has 4 rings (SSSR count). The molecular weight excluding hydrogens is 406 g/mol. The van der Waals surface area contributed by atoms with Crippen LogP contribution in [0.25, 0.3) is 16.2 Å². The van der Waals surface area contributed by atoms with Gasteiger partial charge in [0.15, 0.2) is 0 Å². The molecule has 0 aliphatic carbocycles. The number of aryl methyl sites for hydroxylation is 1. The normalized spacial score (nSPS) is 14.8. The zero-order valence-electron chi connectivity index (χ0n) is 18.4. The lowest BCUT2D eigenvalue weighted by Crippen LogP contribution is -2.32. The number of aromatic nitrogens is 1. The van der Waals surface area contributed by atoms with E-state index in [0.29, 0.717) is 25.2 Å². The fourth-order valence-electron chi connectivity index (χ4n) is 4.30. The third-order valence-electron chi connectivity index (χ3n) is 6.42. The van der Waals surface area contributed by atoms with Gasteiger partial charge in [-0.05, 0) is 54.5 Å². The molecule has 0 unspecified atom stereocenters. The average molecular weight is 434 g/mol. The van der Waals surface area contributed by atoms with Crippen molar-refractivity contribution >= 4 is 45.1 Å². The predicted octanol–water partition coefficient (Wildman–Crippen LogP) is 5.29. The van der Waals surface area contributed by atoms with E-state index in [-0.39, 0.29) is 11.8 Å². The first-order chi connectivity index (χ1) is 14.9. The second-order valence-electron chi connectivity index (χ2n) is 8.08. The van der Waals surface area contributed by atoms with Gasteiger partial charge in [0, 0.05) is 34.5 Å². The molecule has 31 heavy (non-hydrogen) atoms. The maximum absolute atomic E-state index is 12.7. The first-order valence-electron chi connectivity index (χ1n) is 10.6. The van der Waals surface area contributed by atoms with Crippen LogP contribution in [0.1, 0.15) is 48.3 Å². The molecule has 2 aromatic heterocycles. The standard InChI is InChI=1S/C25H27N3O2S/c1-5-25(6-2)19-13-17(14-26-23(19)27-24(25)30)11-12-22(29)28(4)15-21-16(3)18-9-7-8-10-20(18)31-21/h7-14H,5-6,15H2,1-4H3,(H,26,27,30). The minimum Gasteiger partial charge on any atom is -0.337 e. The summed E-state index contributed by atoms with van der Waals surface area (Å²) >= 11 is 1.74. The SMILES string of the molecule is CCC1(CC)C(=O)Nc2ncc(C=CC(=O)N(C)Cc3sc4ccccc4c3C)cc21. The van der Waals surface area contributed by atoms with E-state index < -0.39 is 5.41 Å². The highest BCUT2D eigenvalue weighted by Crippen LogP contribution is 2.42. The number of anilines is 1. The molecule has 3 aromatic rings. The predicted molar refractivity (Wildman–Crippen MR) is 127 cm³/mol. The molecule has 1 aromatic carbocycles. The van der Waals surface area contributed by atoms with Gasteiger partial charge in [0.05, 0.1) is 12.0 Å². The number of nitrogens with zero attached hydrogens (tertiary/aromatic N) is 2. The van der Waals surface area contributed by atoms with Gasteiger partial charge in [-0.2, -0.15) is 0 Å². The van der Waals surface area contributed by atoms with Crippen molar-refractivity contribution in [2.24, 2.45) is 0 Å². The van der Waals surface area contributed by atoms with Crippen LogP contribution in [-0.4, -0.2) is 28.7 Å². The number of fused-ring (bicyclic) bond motifs is 2. The Kier molecular flexibility index (Phi) is 5.67. The molecule has 1 aliphatic heterocycles. The number of likely N-dealkylation sites (N-methyl/N-ethyl adjacent to an activating group) is 1. The topological polar surface area (TPSA) is 62.3 Å². The molecule has 0 radical (unpaired) electrons. The Balaban J connectivity index is 1.51. The van der Waals surface area contributed by atoms with Gasteiger partial charge in [-0.25, -0.2) is 4.98 Å². The van der Waals surface area contributed by atoms with Gasteiger partial charge in [0.2, 0.25) is 11.8 Å². The van der Waals surface area contributed by atoms with E-state index in [2.05, 4.69) is 29.4 Å². The molecule has 0 saturated carbocycles. The Labute approximate surface area is 186 Å². The summed E-state index contributed by atoms with van der Waals surface area (Å²) < 4.78 is 1.24. The molecule has 5 nitrogen and oxygen atoms in total. The number of nitrogens with one attached hydrogen (secondary N) is 1. The average Bonchev–Trinajstić information content (AvgIpc) is 3.25. The molecule has 3 heterocycles. The highest BCUT2D eigenvalue weighted by Gasteiger charge is 2.44. The van der Waals surface area contributed by atoms with Gasteiger partial charge in [-0.3, -0.25) is 9.59 Å². The Morgan fingerprint density at radius 2 is 2.00 bits per heavy atom. The van der Waals surface area contributed by atoms with Crippen LogP contribution >= 0.6 is 11.3 Å². The van der Waals surface area contributed by atoms with Gasteiger partial charge < -0.3 is 10.2 Å². The Hall–Kier alpha value is -2.99. The zero-order valence-corrected chi connectivity index (χ0v) is 19.2. The van der Waals surface area contributed by atoms with E-state index >= 15 is 0 Å². The summed E-state index contributed by atoms with van der Waals surface area (Å²) in [6.45, 7) is 6.73. The van der Waals surface area contributed by atoms with Gasteiger partial charge in [0.1, 0.15) is 5.82 Å². The number of hydrogen-bond acceptors (Lipinski definition) is 4. The van der Waals surface area contributed by atoms with E-state index in [1.807, 2.05) is 39.1 Å². The number of amides is 2. The van der Waals surface area contributed by atoms with E-state index in [4.69, 9.17) is 0 Å². The highest BCUT2D eigenvalue weighted by molar-refractivity contribution is 7.19. The first-order valence-corrected chi connectivity index (χ1v) is 11.4. The van der Waals surface area contributed by atoms with E-state index in [1.54, 1.807) is 34.6 Å². The van der Waals surface area contributed by atoms with E-state index in [1.165, 1.54) is 20.5 Å². The molecule has 0 fully saturated rings. The van der Waals surface area contributed by atoms with Crippen molar-refractivity contribution in [3.05, 3.63) is 64.2 Å². The van der Waals surface area contributed by atoms with Crippen molar-refractivity contribution in [3.8, 4) is 0 Å². The summed E-state index contributed by atoms with van der Waals surface area (Å²) in [6, 6.07) is 10.3. The second-order valence-corrected chi connectivity index (χ2v) is 9.22. The van der Waals surface area contributed by atoms with Crippen molar-refractivity contribution in [3.63, 3.8) is 0 Å². The summed E-state index contributed by atoms with van der Waals surface area (Å²) in [5, 5.41) is 4.15. The minimum absolute atomic E-state index is 0.00986. The minimum atomic E-state index is -0.536. The molecule has 0 spiro atoms. The number of thiophene rings is 1. The summed E-state index contributed by atoms with van der Waals surface area (Å²) in [5.74, 6) is 0.578. The lowest BCUT2D eigenvalue weighted by atomic mass is 9.77. The Morgan fingerprint density at radius 1 is 1.26 bits per heavy atom. The van der Waals surface area contributed by atoms with Crippen molar-refractivity contribution in [1.82, 2.24) is 9.88 Å². The van der Waals surface area contributed by atoms with E-state index in [9.17, 15) is 9.59 Å². The van der Waals surface area contributed by atoms with Gasteiger partial charge >= 0.3 is 0 Å². The first kappa shape index (κ1) is 21.2. The molecule has 0 atom stereocenters. The quantitative estimate of drug-likeness (QED) is 0.538. The van der Waals surface area contributed by atoms with Crippen molar-refractivity contribution in [2.45, 2.75) is 45.6 Å². The van der Waals surface area contributed by atoms with Crippen molar-refractivity contribution < 1.29 is 9.59 Å². The summed E-state index contributed by atoms with van der Waals surface area (Å²) in [7, 11) is 1.82. The Bertz CT molecular complexity index is 1190. The second kappa shape index (κ2) is 8.27.